The summed E-state index contributed by atoms with van der Waals surface area (Å²) in [4.78, 5) is 16.0. The van der Waals surface area contributed by atoms with Gasteiger partial charge in [-0.15, -0.1) is 6.58 Å². The standard InChI is InChI=1S/C27H42N2O/c1-7-8-16-27(6,25(30)28-26(3,4)5)22-14-17-29(18-15-22)24-11-9-10-21-19-20(2)12-13-23(21)24/h7,12-13,19,22,24H,1,8-11,14-18H2,2-6H3,(H,28,30). The minimum atomic E-state index is -0.324. The molecule has 1 heterocycles. The number of fused-ring (bicyclic) bond motifs is 1. The number of likely N-dealkylation sites (tertiary alicyclic amines) is 1. The Labute approximate surface area is 184 Å². The summed E-state index contributed by atoms with van der Waals surface area (Å²) in [6.45, 7) is 16.7. The molecule has 166 valence electrons. The zero-order valence-electron chi connectivity index (χ0n) is 19.9. The number of hydrogen-bond donors (Lipinski definition) is 1. The molecule has 3 heteroatoms. The van der Waals surface area contributed by atoms with Gasteiger partial charge in [0, 0.05) is 17.0 Å². The Morgan fingerprint density at radius 1 is 1.20 bits per heavy atom. The predicted molar refractivity (Wildman–Crippen MR) is 127 cm³/mol. The van der Waals surface area contributed by atoms with Crippen LogP contribution in [0.4, 0.5) is 0 Å². The number of aryl methyl sites for hydroxylation is 2. The smallest absolute Gasteiger partial charge is 0.226 e. The topological polar surface area (TPSA) is 32.3 Å². The lowest BCUT2D eigenvalue weighted by atomic mass is 9.68. The van der Waals surface area contributed by atoms with Crippen molar-refractivity contribution in [1.29, 1.82) is 0 Å². The van der Waals surface area contributed by atoms with Crippen molar-refractivity contribution in [2.24, 2.45) is 11.3 Å². The predicted octanol–water partition coefficient (Wildman–Crippen LogP) is 5.97. The van der Waals surface area contributed by atoms with E-state index in [2.05, 4.69) is 69.6 Å². The average Bonchev–Trinajstić information content (AvgIpc) is 2.70. The van der Waals surface area contributed by atoms with Crippen LogP contribution in [0.3, 0.4) is 0 Å². The third kappa shape index (κ3) is 5.17. The van der Waals surface area contributed by atoms with Crippen molar-refractivity contribution >= 4 is 5.91 Å². The largest absolute Gasteiger partial charge is 0.351 e. The molecule has 1 fully saturated rings. The van der Waals surface area contributed by atoms with Crippen LogP contribution in [0, 0.1) is 18.3 Å². The minimum Gasteiger partial charge on any atom is -0.351 e. The fraction of sp³-hybridized carbons (Fsp3) is 0.667. The van der Waals surface area contributed by atoms with Crippen LogP contribution in [-0.2, 0) is 11.2 Å². The maximum atomic E-state index is 13.3. The number of nitrogens with one attached hydrogen (secondary N) is 1. The third-order valence-electron chi connectivity index (χ3n) is 7.33. The van der Waals surface area contributed by atoms with E-state index in [1.807, 2.05) is 6.08 Å². The second kappa shape index (κ2) is 9.26. The molecule has 3 nitrogen and oxygen atoms in total. The van der Waals surface area contributed by atoms with E-state index in [-0.39, 0.29) is 16.9 Å². The molecule has 1 aliphatic heterocycles. The summed E-state index contributed by atoms with van der Waals surface area (Å²) in [6, 6.07) is 7.58. The molecular weight excluding hydrogens is 368 g/mol. The lowest BCUT2D eigenvalue weighted by Crippen LogP contribution is -2.53. The lowest BCUT2D eigenvalue weighted by molar-refractivity contribution is -0.136. The summed E-state index contributed by atoms with van der Waals surface area (Å²) in [5, 5.41) is 3.27. The summed E-state index contributed by atoms with van der Waals surface area (Å²) in [5.41, 5.74) is 3.95. The molecule has 30 heavy (non-hydrogen) atoms. The maximum Gasteiger partial charge on any atom is 0.226 e. The van der Waals surface area contributed by atoms with Gasteiger partial charge in [-0.3, -0.25) is 9.69 Å². The Bertz CT molecular complexity index is 755. The summed E-state index contributed by atoms with van der Waals surface area (Å²) >= 11 is 0. The fourth-order valence-corrected chi connectivity index (χ4v) is 5.53. The van der Waals surface area contributed by atoms with Gasteiger partial charge in [0.05, 0.1) is 0 Å². The van der Waals surface area contributed by atoms with Gasteiger partial charge in [-0.2, -0.15) is 0 Å². The Morgan fingerprint density at radius 2 is 1.90 bits per heavy atom. The number of carbonyl (C=O) groups excluding carboxylic acids is 1. The van der Waals surface area contributed by atoms with Gasteiger partial charge in [-0.25, -0.2) is 0 Å². The van der Waals surface area contributed by atoms with E-state index in [9.17, 15) is 4.79 Å². The van der Waals surface area contributed by atoms with Crippen molar-refractivity contribution in [2.45, 2.75) is 91.1 Å². The molecule has 0 spiro atoms. The Hall–Kier alpha value is -1.61. The number of allylic oxidation sites excluding steroid dienone is 1. The Balaban J connectivity index is 1.71. The van der Waals surface area contributed by atoms with Crippen molar-refractivity contribution in [2.75, 3.05) is 13.1 Å². The molecule has 1 saturated heterocycles. The van der Waals surface area contributed by atoms with Gasteiger partial charge >= 0.3 is 0 Å². The lowest BCUT2D eigenvalue weighted by Gasteiger charge is -2.45. The van der Waals surface area contributed by atoms with Crippen molar-refractivity contribution < 1.29 is 4.79 Å². The van der Waals surface area contributed by atoms with E-state index < -0.39 is 0 Å². The van der Waals surface area contributed by atoms with Crippen molar-refractivity contribution in [1.82, 2.24) is 10.2 Å². The second-order valence-corrected chi connectivity index (χ2v) is 10.9. The van der Waals surface area contributed by atoms with Crippen LogP contribution in [-0.4, -0.2) is 29.4 Å². The zero-order valence-corrected chi connectivity index (χ0v) is 19.9. The summed E-state index contributed by atoms with van der Waals surface area (Å²) in [6.07, 6.45) is 9.70. The second-order valence-electron chi connectivity index (χ2n) is 10.9. The van der Waals surface area contributed by atoms with E-state index in [1.165, 1.54) is 24.8 Å². The SMILES string of the molecule is C=CCCC(C)(C(=O)NC(C)(C)C)C1CCN(C2CCCc3cc(C)ccc32)CC1. The molecule has 0 radical (unpaired) electrons. The van der Waals surface area contributed by atoms with Crippen LogP contribution in [0.1, 0.15) is 89.0 Å². The first-order valence-electron chi connectivity index (χ1n) is 11.9. The first-order chi connectivity index (χ1) is 14.1. The minimum absolute atomic E-state index is 0.197. The summed E-state index contributed by atoms with van der Waals surface area (Å²) in [7, 11) is 0. The highest BCUT2D eigenvalue weighted by atomic mass is 16.2. The van der Waals surface area contributed by atoms with Crippen LogP contribution in [0.25, 0.3) is 0 Å². The molecule has 1 aliphatic carbocycles. The quantitative estimate of drug-likeness (QED) is 0.586. The molecule has 1 amide bonds. The van der Waals surface area contributed by atoms with Crippen LogP contribution in [0.15, 0.2) is 30.9 Å². The number of rotatable bonds is 6. The van der Waals surface area contributed by atoms with E-state index in [0.717, 1.165) is 38.8 Å². The first kappa shape index (κ1) is 23.1. The van der Waals surface area contributed by atoms with Gasteiger partial charge in [-0.05, 0) is 103 Å². The molecule has 0 aromatic heterocycles. The molecule has 1 aromatic carbocycles. The van der Waals surface area contributed by atoms with E-state index in [1.54, 1.807) is 11.1 Å². The maximum absolute atomic E-state index is 13.3. The molecule has 1 N–H and O–H groups in total. The van der Waals surface area contributed by atoms with Gasteiger partial charge in [0.2, 0.25) is 5.91 Å². The number of nitrogens with zero attached hydrogens (tertiary/aromatic N) is 1. The molecule has 0 saturated carbocycles. The van der Waals surface area contributed by atoms with Gasteiger partial charge in [-0.1, -0.05) is 36.8 Å². The van der Waals surface area contributed by atoms with Crippen LogP contribution < -0.4 is 5.32 Å². The number of hydrogen-bond acceptors (Lipinski definition) is 2. The van der Waals surface area contributed by atoms with Crippen molar-refractivity contribution in [3.05, 3.63) is 47.5 Å². The van der Waals surface area contributed by atoms with Gasteiger partial charge < -0.3 is 5.32 Å². The average molecular weight is 411 g/mol. The zero-order chi connectivity index (χ0) is 21.9. The first-order valence-corrected chi connectivity index (χ1v) is 11.9. The van der Waals surface area contributed by atoms with Crippen LogP contribution >= 0.6 is 0 Å². The molecule has 2 aliphatic rings. The Morgan fingerprint density at radius 3 is 2.53 bits per heavy atom. The molecule has 0 bridgehead atoms. The third-order valence-corrected chi connectivity index (χ3v) is 7.33. The van der Waals surface area contributed by atoms with Crippen LogP contribution in [0.5, 0.6) is 0 Å². The van der Waals surface area contributed by atoms with Gasteiger partial charge in [0.25, 0.3) is 0 Å². The number of amides is 1. The Kier molecular flexibility index (Phi) is 7.12. The molecule has 2 atom stereocenters. The van der Waals surface area contributed by atoms with Crippen molar-refractivity contribution in [3.8, 4) is 0 Å². The van der Waals surface area contributed by atoms with E-state index in [0.29, 0.717) is 12.0 Å². The van der Waals surface area contributed by atoms with Gasteiger partial charge in [0.15, 0.2) is 0 Å². The van der Waals surface area contributed by atoms with Gasteiger partial charge in [0.1, 0.15) is 0 Å². The summed E-state index contributed by atoms with van der Waals surface area (Å²) in [5.74, 6) is 0.644. The highest BCUT2D eigenvalue weighted by molar-refractivity contribution is 5.83. The molecule has 2 unspecified atom stereocenters. The molecule has 1 aromatic rings. The van der Waals surface area contributed by atoms with E-state index >= 15 is 0 Å². The molecular formula is C27H42N2O. The van der Waals surface area contributed by atoms with Crippen molar-refractivity contribution in [3.63, 3.8) is 0 Å². The number of carbonyl (C=O) groups is 1. The number of benzene rings is 1. The highest BCUT2D eigenvalue weighted by Crippen LogP contribution is 2.43. The highest BCUT2D eigenvalue weighted by Gasteiger charge is 2.43. The number of piperidine rings is 1. The van der Waals surface area contributed by atoms with Crippen LogP contribution in [0.2, 0.25) is 0 Å². The fourth-order valence-electron chi connectivity index (χ4n) is 5.53. The normalized spacial score (nSPS) is 22.8. The summed E-state index contributed by atoms with van der Waals surface area (Å²) < 4.78 is 0. The monoisotopic (exact) mass is 410 g/mol. The van der Waals surface area contributed by atoms with E-state index in [4.69, 9.17) is 0 Å². The molecule has 3 rings (SSSR count).